The van der Waals surface area contributed by atoms with E-state index in [0.29, 0.717) is 31.4 Å². The molecule has 2 aromatic carbocycles. The fourth-order valence-corrected chi connectivity index (χ4v) is 7.53. The third-order valence-electron chi connectivity index (χ3n) is 9.67. The molecule has 2 saturated heterocycles. The number of thiazole rings is 1. The lowest BCUT2D eigenvalue weighted by atomic mass is 9.91. The van der Waals surface area contributed by atoms with Crippen molar-refractivity contribution < 1.29 is 33.8 Å². The molecule has 6 rings (SSSR count). The van der Waals surface area contributed by atoms with Crippen LogP contribution in [0.25, 0.3) is 10.4 Å². The standard InChI is InChI=1S/C38H48N6O7S/c1-25(2)35(33-21-34(41-51-33)50-19-17-43-14-12-42(13-15-43)16-18-49-31-10-8-29(45)9-11-31)38(48)44-23-30(46)20-32(44)37(47)39-22-27-4-6-28(7-5-27)36-26(3)40-24-52-36/h4-11,21,24-25,30,32,35,45-46H,12-20,22-23H2,1-3H3,(H,39,47)/t30-,32+,35?/m1/s1. The van der Waals surface area contributed by atoms with Crippen molar-refractivity contribution in [3.63, 3.8) is 0 Å². The average Bonchev–Trinajstić information content (AvgIpc) is 3.89. The molecule has 1 unspecified atom stereocenters. The molecule has 13 nitrogen and oxygen atoms in total. The average molecular weight is 733 g/mol. The number of likely N-dealkylation sites (tertiary alicyclic amines) is 1. The van der Waals surface area contributed by atoms with Gasteiger partial charge in [-0.2, -0.15) is 0 Å². The summed E-state index contributed by atoms with van der Waals surface area (Å²) in [5, 5.41) is 27.0. The first-order valence-electron chi connectivity index (χ1n) is 17.9. The first-order chi connectivity index (χ1) is 25.1. The zero-order valence-corrected chi connectivity index (χ0v) is 30.8. The van der Waals surface area contributed by atoms with E-state index in [4.69, 9.17) is 14.0 Å². The van der Waals surface area contributed by atoms with Crippen molar-refractivity contribution in [3.05, 3.63) is 77.1 Å². The maximum absolute atomic E-state index is 14.0. The van der Waals surface area contributed by atoms with Gasteiger partial charge in [0.25, 0.3) is 5.88 Å². The fourth-order valence-electron chi connectivity index (χ4n) is 6.72. The highest BCUT2D eigenvalue weighted by molar-refractivity contribution is 7.13. The number of phenols is 1. The summed E-state index contributed by atoms with van der Waals surface area (Å²) in [5.41, 5.74) is 4.82. The van der Waals surface area contributed by atoms with Gasteiger partial charge in [-0.1, -0.05) is 38.1 Å². The topological polar surface area (TPSA) is 154 Å². The maximum Gasteiger partial charge on any atom is 0.254 e. The second-order valence-corrected chi connectivity index (χ2v) is 14.6. The molecule has 0 bridgehead atoms. The highest BCUT2D eigenvalue weighted by Gasteiger charge is 2.43. The van der Waals surface area contributed by atoms with Crippen molar-refractivity contribution in [2.45, 2.75) is 51.8 Å². The van der Waals surface area contributed by atoms with Crippen LogP contribution in [0.1, 0.15) is 43.2 Å². The van der Waals surface area contributed by atoms with E-state index in [2.05, 4.69) is 25.3 Å². The van der Waals surface area contributed by atoms with Crippen LogP contribution in [0.4, 0.5) is 0 Å². The number of amides is 2. The van der Waals surface area contributed by atoms with Crippen LogP contribution in [0.15, 0.2) is 64.6 Å². The van der Waals surface area contributed by atoms with Crippen molar-refractivity contribution in [2.75, 3.05) is 59.0 Å². The Bertz CT molecular complexity index is 1750. The van der Waals surface area contributed by atoms with Gasteiger partial charge in [-0.05, 0) is 53.4 Å². The summed E-state index contributed by atoms with van der Waals surface area (Å²) in [6.07, 6.45) is -0.637. The molecular weight excluding hydrogens is 685 g/mol. The number of piperazine rings is 1. The van der Waals surface area contributed by atoms with Crippen LogP contribution in [-0.4, -0.2) is 118 Å². The number of aliphatic hydroxyl groups excluding tert-OH is 1. The Hall–Kier alpha value is -4.50. The van der Waals surface area contributed by atoms with E-state index in [1.807, 2.05) is 50.5 Å². The minimum Gasteiger partial charge on any atom is -0.508 e. The predicted molar refractivity (Wildman–Crippen MR) is 196 cm³/mol. The van der Waals surface area contributed by atoms with Gasteiger partial charge in [0.15, 0.2) is 5.76 Å². The summed E-state index contributed by atoms with van der Waals surface area (Å²) < 4.78 is 17.4. The molecule has 278 valence electrons. The highest BCUT2D eigenvalue weighted by atomic mass is 32.1. The zero-order chi connectivity index (χ0) is 36.6. The predicted octanol–water partition coefficient (Wildman–Crippen LogP) is 3.91. The second-order valence-electron chi connectivity index (χ2n) is 13.7. The van der Waals surface area contributed by atoms with Gasteiger partial charge in [-0.25, -0.2) is 4.98 Å². The molecule has 0 saturated carbocycles. The highest BCUT2D eigenvalue weighted by Crippen LogP contribution is 2.33. The number of aromatic nitrogens is 2. The lowest BCUT2D eigenvalue weighted by Gasteiger charge is -2.34. The number of nitrogens with zero attached hydrogens (tertiary/aromatic N) is 5. The van der Waals surface area contributed by atoms with E-state index in [0.717, 1.165) is 66.7 Å². The minimum absolute atomic E-state index is 0.0687. The normalized spacial score (nSPS) is 18.8. The molecule has 3 N–H and O–H groups in total. The molecule has 0 radical (unpaired) electrons. The first kappa shape index (κ1) is 37.3. The number of aryl methyl sites for hydroxylation is 1. The number of aromatic hydroxyl groups is 1. The summed E-state index contributed by atoms with van der Waals surface area (Å²) in [7, 11) is 0. The van der Waals surface area contributed by atoms with Crippen molar-refractivity contribution in [2.24, 2.45) is 5.92 Å². The lowest BCUT2D eigenvalue weighted by Crippen LogP contribution is -2.48. The lowest BCUT2D eigenvalue weighted by molar-refractivity contribution is -0.141. The Labute approximate surface area is 308 Å². The zero-order valence-electron chi connectivity index (χ0n) is 29.9. The number of hydrogen-bond acceptors (Lipinski definition) is 12. The third kappa shape index (κ3) is 9.48. The molecule has 2 aromatic heterocycles. The van der Waals surface area contributed by atoms with E-state index < -0.39 is 18.1 Å². The Kier molecular flexibility index (Phi) is 12.4. The molecular formula is C38H48N6O7S. The molecule has 14 heteroatoms. The van der Waals surface area contributed by atoms with Crippen LogP contribution >= 0.6 is 11.3 Å². The maximum atomic E-state index is 14.0. The van der Waals surface area contributed by atoms with E-state index >= 15 is 0 Å². The minimum atomic E-state index is -0.802. The number of carbonyl (C=O) groups is 2. The van der Waals surface area contributed by atoms with Gasteiger partial charge < -0.3 is 34.4 Å². The van der Waals surface area contributed by atoms with Crippen molar-refractivity contribution in [1.29, 1.82) is 0 Å². The Morgan fingerprint density at radius 2 is 1.67 bits per heavy atom. The SMILES string of the molecule is Cc1ncsc1-c1ccc(CNC(=O)[C@@H]2C[C@@H](O)CN2C(=O)C(c2cc(OCCN3CCN(CCOc4ccc(O)cc4)CC3)no2)C(C)C)cc1. The van der Waals surface area contributed by atoms with Crippen LogP contribution in [0.2, 0.25) is 0 Å². The van der Waals surface area contributed by atoms with Gasteiger partial charge in [-0.15, -0.1) is 11.3 Å². The summed E-state index contributed by atoms with van der Waals surface area (Å²) in [6.45, 7) is 12.4. The van der Waals surface area contributed by atoms with E-state index in [1.54, 1.807) is 41.7 Å². The number of aliphatic hydroxyl groups is 1. The fraction of sp³-hybridized carbons (Fsp3) is 0.474. The molecule has 4 heterocycles. The van der Waals surface area contributed by atoms with E-state index in [-0.39, 0.29) is 36.4 Å². The molecule has 0 spiro atoms. The van der Waals surface area contributed by atoms with E-state index in [1.165, 1.54) is 4.90 Å². The van der Waals surface area contributed by atoms with Gasteiger partial charge in [0.1, 0.15) is 36.7 Å². The van der Waals surface area contributed by atoms with Gasteiger partial charge in [-0.3, -0.25) is 19.4 Å². The molecule has 52 heavy (non-hydrogen) atoms. The van der Waals surface area contributed by atoms with E-state index in [9.17, 15) is 19.8 Å². The van der Waals surface area contributed by atoms with Crippen molar-refractivity contribution in [3.8, 4) is 27.8 Å². The first-order valence-corrected chi connectivity index (χ1v) is 18.7. The van der Waals surface area contributed by atoms with Crippen molar-refractivity contribution in [1.82, 2.24) is 30.2 Å². The summed E-state index contributed by atoms with van der Waals surface area (Å²) in [5.74, 6) is 0.203. The second kappa shape index (κ2) is 17.3. The molecule has 4 aromatic rings. The summed E-state index contributed by atoms with van der Waals surface area (Å²) in [4.78, 5) is 39.0. The number of ether oxygens (including phenoxy) is 2. The van der Waals surface area contributed by atoms with Crippen LogP contribution < -0.4 is 14.8 Å². The Morgan fingerprint density at radius 1 is 1.00 bits per heavy atom. The number of rotatable bonds is 15. The van der Waals surface area contributed by atoms with Crippen LogP contribution in [0, 0.1) is 12.8 Å². The number of β-amino-alcohol motifs (C(OH)–C–C–N with tert-alkyl or cyclic N) is 1. The number of phenolic OH excluding ortho intramolecular Hbond substituents is 1. The Balaban J connectivity index is 0.957. The molecule has 0 aliphatic carbocycles. The molecule has 2 amide bonds. The number of carbonyl (C=O) groups excluding carboxylic acids is 2. The largest absolute Gasteiger partial charge is 0.508 e. The quantitative estimate of drug-likeness (QED) is 0.163. The van der Waals surface area contributed by atoms with Crippen LogP contribution in [-0.2, 0) is 16.1 Å². The number of nitrogens with one attached hydrogen (secondary N) is 1. The summed E-state index contributed by atoms with van der Waals surface area (Å²) >= 11 is 1.59. The summed E-state index contributed by atoms with van der Waals surface area (Å²) in [6, 6.07) is 15.6. The molecule has 2 aliphatic rings. The molecule has 3 atom stereocenters. The van der Waals surface area contributed by atoms with Gasteiger partial charge in [0, 0.05) is 64.8 Å². The third-order valence-corrected chi connectivity index (χ3v) is 10.7. The van der Waals surface area contributed by atoms with Gasteiger partial charge >= 0.3 is 0 Å². The van der Waals surface area contributed by atoms with Crippen LogP contribution in [0.3, 0.4) is 0 Å². The monoisotopic (exact) mass is 732 g/mol. The molecule has 2 aliphatic heterocycles. The number of hydrogen-bond donors (Lipinski definition) is 3. The van der Waals surface area contributed by atoms with Gasteiger partial charge in [0.05, 0.1) is 22.2 Å². The number of benzene rings is 2. The Morgan fingerprint density at radius 3 is 2.31 bits per heavy atom. The smallest absolute Gasteiger partial charge is 0.254 e. The van der Waals surface area contributed by atoms with Gasteiger partial charge in [0.2, 0.25) is 11.8 Å². The van der Waals surface area contributed by atoms with Crippen LogP contribution in [0.5, 0.6) is 17.4 Å². The van der Waals surface area contributed by atoms with Crippen molar-refractivity contribution >= 4 is 23.2 Å². The molecule has 2 fully saturated rings.